The van der Waals surface area contributed by atoms with Crippen molar-refractivity contribution in [1.82, 2.24) is 15.3 Å². The number of piperazine rings is 1. The van der Waals surface area contributed by atoms with Crippen LogP contribution in [0.1, 0.15) is 10.5 Å². The van der Waals surface area contributed by atoms with Gasteiger partial charge in [-0.15, -0.1) is 11.3 Å². The second kappa shape index (κ2) is 8.17. The maximum atomic E-state index is 12.7. The molecule has 0 radical (unpaired) electrons. The Balaban J connectivity index is 1.52. The zero-order valence-electron chi connectivity index (χ0n) is 15.1. The molecule has 2 aromatic heterocycles. The van der Waals surface area contributed by atoms with Gasteiger partial charge in [0.15, 0.2) is 5.69 Å². The smallest absolute Gasteiger partial charge is 0.275 e. The largest absolute Gasteiger partial charge is 0.367 e. The maximum absolute atomic E-state index is 12.7. The van der Waals surface area contributed by atoms with Crippen LogP contribution in [0.25, 0.3) is 15.4 Å². The van der Waals surface area contributed by atoms with Crippen LogP contribution in [0.5, 0.6) is 0 Å². The Bertz CT molecular complexity index is 1020. The first-order valence-electron chi connectivity index (χ1n) is 8.89. The van der Waals surface area contributed by atoms with Gasteiger partial charge in [0.25, 0.3) is 5.91 Å². The van der Waals surface area contributed by atoms with Crippen molar-refractivity contribution in [2.24, 2.45) is 0 Å². The van der Waals surface area contributed by atoms with E-state index in [9.17, 15) is 4.79 Å². The second-order valence-electron chi connectivity index (χ2n) is 6.28. The minimum absolute atomic E-state index is 0.260. The topological polar surface area (TPSA) is 74.5 Å². The molecule has 140 valence electrons. The Morgan fingerprint density at radius 2 is 2.00 bits per heavy atom. The van der Waals surface area contributed by atoms with E-state index in [4.69, 9.17) is 6.57 Å². The highest BCUT2D eigenvalue weighted by atomic mass is 32.1. The van der Waals surface area contributed by atoms with Crippen molar-refractivity contribution in [1.29, 1.82) is 0 Å². The predicted molar refractivity (Wildman–Crippen MR) is 111 cm³/mol. The van der Waals surface area contributed by atoms with E-state index >= 15 is 0 Å². The predicted octanol–water partition coefficient (Wildman–Crippen LogP) is 3.42. The van der Waals surface area contributed by atoms with E-state index in [0.29, 0.717) is 17.1 Å². The summed E-state index contributed by atoms with van der Waals surface area (Å²) in [5.74, 6) is -0.260. The summed E-state index contributed by atoms with van der Waals surface area (Å²) < 4.78 is 0. The Hall–Kier alpha value is -3.28. The number of aromatic nitrogens is 2. The molecule has 0 atom stereocenters. The van der Waals surface area contributed by atoms with E-state index in [-0.39, 0.29) is 5.91 Å². The average Bonchev–Trinajstić information content (AvgIpc) is 3.25. The summed E-state index contributed by atoms with van der Waals surface area (Å²) >= 11 is 1.40. The van der Waals surface area contributed by atoms with Crippen LogP contribution in [0.15, 0.2) is 48.1 Å². The third kappa shape index (κ3) is 3.86. The van der Waals surface area contributed by atoms with Gasteiger partial charge in [0, 0.05) is 43.3 Å². The zero-order chi connectivity index (χ0) is 19.3. The standard InChI is InChI=1S/C20H18N6OS/c1-21-15-4-2-14(3-5-15)20-25-17(13-28-20)19(27)24-16-12-23-7-6-18(16)26-10-8-22-9-11-26/h2-7,12-13,22H,8-11H2,(H,24,27). The number of nitrogens with zero attached hydrogens (tertiary/aromatic N) is 4. The Morgan fingerprint density at radius 3 is 2.75 bits per heavy atom. The molecule has 1 aliphatic heterocycles. The first-order valence-corrected chi connectivity index (χ1v) is 9.77. The third-order valence-electron chi connectivity index (χ3n) is 4.48. The number of hydrogen-bond donors (Lipinski definition) is 2. The van der Waals surface area contributed by atoms with Crippen molar-refractivity contribution in [3.8, 4) is 10.6 Å². The maximum Gasteiger partial charge on any atom is 0.275 e. The van der Waals surface area contributed by atoms with Gasteiger partial charge in [0.1, 0.15) is 10.7 Å². The van der Waals surface area contributed by atoms with Crippen LogP contribution in [0.3, 0.4) is 0 Å². The lowest BCUT2D eigenvalue weighted by atomic mass is 10.2. The molecule has 0 bridgehead atoms. The third-order valence-corrected chi connectivity index (χ3v) is 5.38. The van der Waals surface area contributed by atoms with Gasteiger partial charge in [-0.25, -0.2) is 9.83 Å². The second-order valence-corrected chi connectivity index (χ2v) is 7.14. The van der Waals surface area contributed by atoms with Gasteiger partial charge < -0.3 is 15.5 Å². The molecular formula is C20H18N6OS. The van der Waals surface area contributed by atoms with E-state index in [0.717, 1.165) is 42.4 Å². The number of carbonyl (C=O) groups is 1. The molecule has 1 fully saturated rings. The summed E-state index contributed by atoms with van der Waals surface area (Å²) in [6, 6.07) is 9.11. The number of thiazole rings is 1. The molecule has 4 rings (SSSR count). The van der Waals surface area contributed by atoms with Crippen LogP contribution in [-0.4, -0.2) is 42.1 Å². The lowest BCUT2D eigenvalue weighted by Crippen LogP contribution is -2.43. The van der Waals surface area contributed by atoms with Gasteiger partial charge in [-0.1, -0.05) is 24.3 Å². The van der Waals surface area contributed by atoms with Gasteiger partial charge in [-0.05, 0) is 6.07 Å². The van der Waals surface area contributed by atoms with Crippen LogP contribution in [0.4, 0.5) is 17.1 Å². The molecule has 0 spiro atoms. The highest BCUT2D eigenvalue weighted by Crippen LogP contribution is 2.28. The van der Waals surface area contributed by atoms with Crippen molar-refractivity contribution in [3.05, 3.63) is 65.2 Å². The van der Waals surface area contributed by atoms with E-state index < -0.39 is 0 Å². The highest BCUT2D eigenvalue weighted by molar-refractivity contribution is 7.13. The molecule has 2 N–H and O–H groups in total. The Labute approximate surface area is 166 Å². The highest BCUT2D eigenvalue weighted by Gasteiger charge is 2.18. The van der Waals surface area contributed by atoms with Crippen molar-refractivity contribution in [2.45, 2.75) is 0 Å². The van der Waals surface area contributed by atoms with Crippen molar-refractivity contribution in [2.75, 3.05) is 36.4 Å². The summed E-state index contributed by atoms with van der Waals surface area (Å²) in [6.45, 7) is 10.6. The number of hydrogen-bond acceptors (Lipinski definition) is 6. The summed E-state index contributed by atoms with van der Waals surface area (Å²) in [5, 5.41) is 8.76. The molecule has 0 saturated carbocycles. The fourth-order valence-corrected chi connectivity index (χ4v) is 3.85. The van der Waals surface area contributed by atoms with E-state index in [2.05, 4.69) is 30.3 Å². The minimum atomic E-state index is -0.260. The lowest BCUT2D eigenvalue weighted by Gasteiger charge is -2.30. The summed E-state index contributed by atoms with van der Waals surface area (Å²) in [6.07, 6.45) is 3.41. The van der Waals surface area contributed by atoms with Gasteiger partial charge in [-0.2, -0.15) is 0 Å². The van der Waals surface area contributed by atoms with Gasteiger partial charge >= 0.3 is 0 Å². The number of anilines is 2. The molecule has 3 aromatic rings. The van der Waals surface area contributed by atoms with Crippen LogP contribution in [-0.2, 0) is 0 Å². The van der Waals surface area contributed by atoms with Gasteiger partial charge in [0.2, 0.25) is 0 Å². The van der Waals surface area contributed by atoms with Crippen LogP contribution in [0.2, 0.25) is 0 Å². The fourth-order valence-electron chi connectivity index (χ4n) is 3.04. The van der Waals surface area contributed by atoms with Gasteiger partial charge in [-0.3, -0.25) is 9.78 Å². The molecule has 0 unspecified atom stereocenters. The minimum Gasteiger partial charge on any atom is -0.367 e. The van der Waals surface area contributed by atoms with Crippen molar-refractivity contribution >= 4 is 34.3 Å². The number of pyridine rings is 1. The number of carbonyl (C=O) groups excluding carboxylic acids is 1. The SMILES string of the molecule is [C-]#[N+]c1ccc(-c2nc(C(=O)Nc3cnccc3N3CCNCC3)cs2)cc1. The van der Waals surface area contributed by atoms with E-state index in [1.54, 1.807) is 29.9 Å². The summed E-state index contributed by atoms with van der Waals surface area (Å²) in [4.78, 5) is 27.0. The summed E-state index contributed by atoms with van der Waals surface area (Å²) in [5.41, 5.74) is 3.49. The molecule has 7 nitrogen and oxygen atoms in total. The first-order chi connectivity index (χ1) is 13.7. The molecule has 1 aromatic carbocycles. The Morgan fingerprint density at radius 1 is 1.21 bits per heavy atom. The molecule has 3 heterocycles. The van der Waals surface area contributed by atoms with Crippen LogP contribution in [0, 0.1) is 6.57 Å². The summed E-state index contributed by atoms with van der Waals surface area (Å²) in [7, 11) is 0. The van der Waals surface area contributed by atoms with E-state index in [1.165, 1.54) is 11.3 Å². The molecule has 1 amide bonds. The number of nitrogens with one attached hydrogen (secondary N) is 2. The molecule has 0 aliphatic carbocycles. The van der Waals surface area contributed by atoms with Crippen molar-refractivity contribution < 1.29 is 4.79 Å². The molecular weight excluding hydrogens is 372 g/mol. The molecule has 1 saturated heterocycles. The lowest BCUT2D eigenvalue weighted by molar-refractivity contribution is 0.102. The van der Waals surface area contributed by atoms with E-state index in [1.807, 2.05) is 18.2 Å². The monoisotopic (exact) mass is 390 g/mol. The molecule has 1 aliphatic rings. The quantitative estimate of drug-likeness (QED) is 0.668. The Kier molecular flexibility index (Phi) is 5.28. The number of amides is 1. The molecule has 28 heavy (non-hydrogen) atoms. The normalized spacial score (nSPS) is 13.8. The van der Waals surface area contributed by atoms with Gasteiger partial charge in [0.05, 0.1) is 24.1 Å². The fraction of sp³-hybridized carbons (Fsp3) is 0.200. The van der Waals surface area contributed by atoms with Crippen molar-refractivity contribution in [3.63, 3.8) is 0 Å². The number of rotatable bonds is 4. The number of benzene rings is 1. The molecule has 8 heteroatoms. The first kappa shape index (κ1) is 18.1. The van der Waals surface area contributed by atoms with Crippen LogP contribution < -0.4 is 15.5 Å². The van der Waals surface area contributed by atoms with Crippen LogP contribution >= 0.6 is 11.3 Å². The zero-order valence-corrected chi connectivity index (χ0v) is 15.9. The average molecular weight is 390 g/mol.